The standard InChI is InChI=1S/C46H82NO9P/c1-6-8-10-12-14-16-18-20-21-23-25-27-29-31-33-37-46(50)56-44(42-55-57(51,52)54-40-39-47(3,4)5)41-53-45(49)38-34-36-43(48)35-32-30-28-26-24-22-19-17-15-13-11-9-7-2/h15,17,22,24,28,30,32,35,44H,6-14,16,18-21,23,25-27,29,31,33-34,36-42H2,1-5H3/p+1/b17-15-,24-22-,30-28-,35-32+/t44-/m1/s1. The number of rotatable bonds is 40. The molecule has 0 radical (unpaired) electrons. The highest BCUT2D eigenvalue weighted by atomic mass is 31.2. The van der Waals surface area contributed by atoms with E-state index in [-0.39, 0.29) is 38.3 Å². The molecule has 0 aliphatic heterocycles. The van der Waals surface area contributed by atoms with Gasteiger partial charge in [-0.05, 0) is 44.6 Å². The third-order valence-corrected chi connectivity index (χ3v) is 10.3. The Labute approximate surface area is 348 Å². The lowest BCUT2D eigenvalue weighted by Crippen LogP contribution is -2.37. The number of carbonyl (C=O) groups is 3. The molecule has 57 heavy (non-hydrogen) atoms. The molecular formula is C46H83NO9P+. The minimum atomic E-state index is -4.43. The van der Waals surface area contributed by atoms with Gasteiger partial charge < -0.3 is 18.9 Å². The maximum atomic E-state index is 12.7. The summed E-state index contributed by atoms with van der Waals surface area (Å²) in [7, 11) is 1.35. The van der Waals surface area contributed by atoms with Crippen molar-refractivity contribution in [1.29, 1.82) is 0 Å². The maximum absolute atomic E-state index is 12.7. The Morgan fingerprint density at radius 2 is 1.12 bits per heavy atom. The van der Waals surface area contributed by atoms with Crippen molar-refractivity contribution in [3.8, 4) is 0 Å². The van der Waals surface area contributed by atoms with Crippen LogP contribution in [0.25, 0.3) is 0 Å². The van der Waals surface area contributed by atoms with Crippen LogP contribution in [0.4, 0.5) is 0 Å². The Morgan fingerprint density at radius 1 is 0.596 bits per heavy atom. The molecule has 0 saturated carbocycles. The normalized spacial score (nSPS) is 13.9. The first-order valence-electron chi connectivity index (χ1n) is 22.3. The number of esters is 2. The van der Waals surface area contributed by atoms with E-state index in [0.717, 1.165) is 38.5 Å². The van der Waals surface area contributed by atoms with Gasteiger partial charge in [0.05, 0.1) is 27.7 Å². The van der Waals surface area contributed by atoms with E-state index in [0.29, 0.717) is 23.9 Å². The zero-order valence-electron chi connectivity index (χ0n) is 36.8. The molecule has 0 aromatic heterocycles. The average molecular weight is 825 g/mol. The van der Waals surface area contributed by atoms with Crippen molar-refractivity contribution in [3.05, 3.63) is 48.6 Å². The molecule has 0 saturated heterocycles. The number of nitrogens with zero attached hydrogens (tertiary/aromatic N) is 1. The maximum Gasteiger partial charge on any atom is 0.472 e. The zero-order valence-corrected chi connectivity index (χ0v) is 37.7. The molecule has 2 atom stereocenters. The number of allylic oxidation sites excluding steroid dienone is 8. The summed E-state index contributed by atoms with van der Waals surface area (Å²) in [5, 5.41) is 0. The summed E-state index contributed by atoms with van der Waals surface area (Å²) in [6.45, 7) is 4.12. The molecule has 1 unspecified atom stereocenters. The number of phosphoric ester groups is 1. The molecular weight excluding hydrogens is 741 g/mol. The van der Waals surface area contributed by atoms with Gasteiger partial charge in [-0.25, -0.2) is 4.57 Å². The van der Waals surface area contributed by atoms with Gasteiger partial charge in [0, 0.05) is 19.3 Å². The number of quaternary nitrogens is 1. The summed E-state index contributed by atoms with van der Waals surface area (Å²) in [4.78, 5) is 47.6. The van der Waals surface area contributed by atoms with E-state index in [9.17, 15) is 23.8 Å². The largest absolute Gasteiger partial charge is 0.472 e. The summed E-state index contributed by atoms with van der Waals surface area (Å²) in [5.41, 5.74) is 0. The van der Waals surface area contributed by atoms with E-state index < -0.39 is 32.5 Å². The van der Waals surface area contributed by atoms with E-state index in [1.54, 1.807) is 6.08 Å². The van der Waals surface area contributed by atoms with Crippen LogP contribution < -0.4 is 0 Å². The van der Waals surface area contributed by atoms with Crippen LogP contribution in [0.15, 0.2) is 48.6 Å². The quantitative estimate of drug-likeness (QED) is 0.0122. The molecule has 11 heteroatoms. The minimum absolute atomic E-state index is 0.000566. The summed E-state index contributed by atoms with van der Waals surface area (Å²) < 4.78 is 34.1. The van der Waals surface area contributed by atoms with Gasteiger partial charge in [0.25, 0.3) is 0 Å². The van der Waals surface area contributed by atoms with E-state index in [4.69, 9.17) is 18.5 Å². The molecule has 0 aliphatic carbocycles. The summed E-state index contributed by atoms with van der Waals surface area (Å²) in [5.74, 6) is -1.15. The molecule has 0 bridgehead atoms. The molecule has 330 valence electrons. The lowest BCUT2D eigenvalue weighted by Gasteiger charge is -2.24. The second-order valence-corrected chi connectivity index (χ2v) is 17.6. The Kier molecular flexibility index (Phi) is 36.3. The van der Waals surface area contributed by atoms with Crippen molar-refractivity contribution in [2.24, 2.45) is 0 Å². The van der Waals surface area contributed by atoms with E-state index >= 15 is 0 Å². The van der Waals surface area contributed by atoms with Gasteiger partial charge >= 0.3 is 19.8 Å². The number of hydrogen-bond acceptors (Lipinski definition) is 8. The molecule has 0 amide bonds. The molecule has 0 heterocycles. The summed E-state index contributed by atoms with van der Waals surface area (Å²) in [6, 6.07) is 0. The second kappa shape index (κ2) is 37.9. The number of likely N-dealkylation sites (N-methyl/N-ethyl adjacent to an activating group) is 1. The van der Waals surface area contributed by atoms with Crippen molar-refractivity contribution in [1.82, 2.24) is 0 Å². The van der Waals surface area contributed by atoms with Crippen molar-refractivity contribution >= 4 is 25.5 Å². The fraction of sp³-hybridized carbons (Fsp3) is 0.761. The number of hydrogen-bond donors (Lipinski definition) is 1. The zero-order chi connectivity index (χ0) is 42.3. The molecule has 0 fully saturated rings. The SMILES string of the molecule is CCCCC/C=C\C/C=C\C/C=C\C=C\C(=O)CCCC(=O)OC[C@H](COP(=O)(O)OCC[N+](C)(C)C)OC(=O)CCCCCCCCCCCCCCCCC. The molecule has 0 aromatic rings. The Bertz CT molecular complexity index is 1170. The molecule has 0 aromatic carbocycles. The Morgan fingerprint density at radius 3 is 1.72 bits per heavy atom. The topological polar surface area (TPSA) is 125 Å². The van der Waals surface area contributed by atoms with Gasteiger partial charge in [-0.2, -0.15) is 0 Å². The first-order valence-corrected chi connectivity index (χ1v) is 23.8. The average Bonchev–Trinajstić information content (AvgIpc) is 3.15. The van der Waals surface area contributed by atoms with Gasteiger partial charge in [-0.15, -0.1) is 0 Å². The third kappa shape index (κ3) is 41.6. The van der Waals surface area contributed by atoms with E-state index in [2.05, 4.69) is 38.2 Å². The molecule has 0 spiro atoms. The molecule has 10 nitrogen and oxygen atoms in total. The van der Waals surface area contributed by atoms with E-state index in [1.807, 2.05) is 33.3 Å². The van der Waals surface area contributed by atoms with Crippen LogP contribution in [0.5, 0.6) is 0 Å². The predicted molar refractivity (Wildman–Crippen MR) is 234 cm³/mol. The monoisotopic (exact) mass is 825 g/mol. The fourth-order valence-corrected chi connectivity index (χ4v) is 6.53. The Balaban J connectivity index is 4.54. The summed E-state index contributed by atoms with van der Waals surface area (Å²) >= 11 is 0. The van der Waals surface area contributed by atoms with Crippen LogP contribution in [0, 0.1) is 0 Å². The number of ketones is 1. The van der Waals surface area contributed by atoms with Gasteiger partial charge in [0.15, 0.2) is 11.9 Å². The van der Waals surface area contributed by atoms with E-state index in [1.165, 1.54) is 96.0 Å². The number of carbonyl (C=O) groups excluding carboxylic acids is 3. The third-order valence-electron chi connectivity index (χ3n) is 9.34. The van der Waals surface area contributed by atoms with Crippen LogP contribution in [0.3, 0.4) is 0 Å². The smallest absolute Gasteiger partial charge is 0.462 e. The number of unbranched alkanes of at least 4 members (excludes halogenated alkanes) is 17. The number of phosphoric acid groups is 1. The van der Waals surface area contributed by atoms with Crippen molar-refractivity contribution < 1.29 is 46.8 Å². The highest BCUT2D eigenvalue weighted by molar-refractivity contribution is 7.47. The second-order valence-electron chi connectivity index (χ2n) is 16.1. The van der Waals surface area contributed by atoms with Gasteiger partial charge in [0.1, 0.15) is 19.8 Å². The van der Waals surface area contributed by atoms with Crippen LogP contribution in [-0.4, -0.2) is 80.7 Å². The van der Waals surface area contributed by atoms with Crippen LogP contribution in [0.2, 0.25) is 0 Å². The van der Waals surface area contributed by atoms with Crippen molar-refractivity contribution in [2.75, 3.05) is 47.5 Å². The fourth-order valence-electron chi connectivity index (χ4n) is 5.79. The molecule has 0 aliphatic rings. The van der Waals surface area contributed by atoms with Crippen LogP contribution >= 0.6 is 7.82 Å². The van der Waals surface area contributed by atoms with Gasteiger partial charge in [-0.3, -0.25) is 23.4 Å². The lowest BCUT2D eigenvalue weighted by atomic mass is 10.0. The lowest BCUT2D eigenvalue weighted by molar-refractivity contribution is -0.870. The molecule has 1 N–H and O–H groups in total. The summed E-state index contributed by atoms with van der Waals surface area (Å²) in [6.07, 6.45) is 40.2. The highest BCUT2D eigenvalue weighted by Gasteiger charge is 2.27. The Hall–Kier alpha value is -2.36. The van der Waals surface area contributed by atoms with Crippen molar-refractivity contribution in [3.63, 3.8) is 0 Å². The molecule has 0 rings (SSSR count). The minimum Gasteiger partial charge on any atom is -0.462 e. The highest BCUT2D eigenvalue weighted by Crippen LogP contribution is 2.43. The van der Waals surface area contributed by atoms with Crippen molar-refractivity contribution in [2.45, 2.75) is 180 Å². The number of ether oxygens (including phenoxy) is 2. The first kappa shape index (κ1) is 54.6. The van der Waals surface area contributed by atoms with Crippen LogP contribution in [0.1, 0.15) is 174 Å². The van der Waals surface area contributed by atoms with Gasteiger partial charge in [0.2, 0.25) is 0 Å². The first-order chi connectivity index (χ1) is 27.4. The van der Waals surface area contributed by atoms with Gasteiger partial charge in [-0.1, -0.05) is 159 Å². The predicted octanol–water partition coefficient (Wildman–Crippen LogP) is 11.9. The van der Waals surface area contributed by atoms with Crippen LogP contribution in [-0.2, 0) is 37.5 Å².